The van der Waals surface area contributed by atoms with E-state index in [2.05, 4.69) is 4.40 Å². The number of ether oxygens (including phenoxy) is 1. The van der Waals surface area contributed by atoms with E-state index in [4.69, 9.17) is 4.74 Å². The fourth-order valence-corrected chi connectivity index (χ4v) is 1.77. The van der Waals surface area contributed by atoms with Gasteiger partial charge in [-0.1, -0.05) is 16.5 Å². The Bertz CT molecular complexity index is 535. The molecule has 0 aliphatic rings. The summed E-state index contributed by atoms with van der Waals surface area (Å²) in [5, 5.41) is 0. The molecule has 0 aliphatic carbocycles. The second-order valence-corrected chi connectivity index (χ2v) is 4.97. The Morgan fingerprint density at radius 3 is 2.76 bits per heavy atom. The van der Waals surface area contributed by atoms with Gasteiger partial charge in [0, 0.05) is 13.6 Å². The Morgan fingerprint density at radius 2 is 2.18 bits per heavy atom. The maximum Gasteiger partial charge on any atom is 0.332 e. The lowest BCUT2D eigenvalue weighted by atomic mass is 10.2. The highest BCUT2D eigenvalue weighted by Crippen LogP contribution is 2.15. The molecule has 1 aromatic rings. The molecule has 0 saturated heterocycles. The maximum absolute atomic E-state index is 11.4. The number of isocyanates is 1. The SMILES string of the molecule is COc1cccc(CN(C)S(=O)(=O)N=C=O)c1. The molecule has 1 aromatic carbocycles. The van der Waals surface area contributed by atoms with Crippen molar-refractivity contribution in [1.82, 2.24) is 4.31 Å². The highest BCUT2D eigenvalue weighted by atomic mass is 32.2. The molecule has 0 spiro atoms. The molecule has 0 N–H and O–H groups in total. The van der Waals surface area contributed by atoms with E-state index in [1.54, 1.807) is 24.3 Å². The molecule has 0 atom stereocenters. The van der Waals surface area contributed by atoms with E-state index in [9.17, 15) is 13.2 Å². The highest BCUT2D eigenvalue weighted by Gasteiger charge is 2.16. The van der Waals surface area contributed by atoms with Crippen molar-refractivity contribution in [2.75, 3.05) is 14.2 Å². The molecule has 0 aromatic heterocycles. The Balaban J connectivity index is 2.88. The van der Waals surface area contributed by atoms with Gasteiger partial charge in [0.15, 0.2) is 0 Å². The minimum atomic E-state index is -3.93. The van der Waals surface area contributed by atoms with Crippen LogP contribution in [0, 0.1) is 0 Å². The van der Waals surface area contributed by atoms with Crippen LogP contribution in [-0.2, 0) is 21.5 Å². The molecule has 17 heavy (non-hydrogen) atoms. The van der Waals surface area contributed by atoms with Gasteiger partial charge in [0.2, 0.25) is 0 Å². The zero-order valence-corrected chi connectivity index (χ0v) is 10.3. The van der Waals surface area contributed by atoms with Crippen LogP contribution in [0.1, 0.15) is 5.56 Å². The molecule has 0 bridgehead atoms. The molecule has 0 radical (unpaired) electrons. The third-order valence-electron chi connectivity index (χ3n) is 2.09. The van der Waals surface area contributed by atoms with Crippen molar-refractivity contribution in [2.24, 2.45) is 4.40 Å². The predicted molar refractivity (Wildman–Crippen MR) is 61.5 cm³/mol. The Hall–Kier alpha value is -1.69. The van der Waals surface area contributed by atoms with Crippen LogP contribution in [-0.4, -0.2) is 33.0 Å². The van der Waals surface area contributed by atoms with Crippen molar-refractivity contribution in [1.29, 1.82) is 0 Å². The molecule has 0 amide bonds. The summed E-state index contributed by atoms with van der Waals surface area (Å²) in [6.07, 6.45) is 1.02. The van der Waals surface area contributed by atoms with Gasteiger partial charge in [-0.3, -0.25) is 0 Å². The van der Waals surface area contributed by atoms with E-state index in [0.717, 1.165) is 15.9 Å². The number of hydrogen-bond acceptors (Lipinski definition) is 4. The minimum absolute atomic E-state index is 0.102. The number of nitrogens with zero attached hydrogens (tertiary/aromatic N) is 2. The molecule has 0 aliphatic heterocycles. The molecule has 0 saturated carbocycles. The van der Waals surface area contributed by atoms with Gasteiger partial charge >= 0.3 is 10.2 Å². The molecule has 0 heterocycles. The lowest BCUT2D eigenvalue weighted by Gasteiger charge is -2.13. The quantitative estimate of drug-likeness (QED) is 0.574. The van der Waals surface area contributed by atoms with Gasteiger partial charge in [-0.05, 0) is 17.7 Å². The number of carbonyl (C=O) groups excluding carboxylic acids is 1. The summed E-state index contributed by atoms with van der Waals surface area (Å²) < 4.78 is 31.4. The van der Waals surface area contributed by atoms with Crippen LogP contribution < -0.4 is 4.74 Å². The molecule has 7 heteroatoms. The molecule has 0 fully saturated rings. The van der Waals surface area contributed by atoms with Gasteiger partial charge in [0.1, 0.15) is 5.75 Å². The summed E-state index contributed by atoms with van der Waals surface area (Å²) in [4.78, 5) is 9.96. The first-order chi connectivity index (χ1) is 7.99. The Morgan fingerprint density at radius 1 is 1.47 bits per heavy atom. The van der Waals surface area contributed by atoms with Crippen molar-refractivity contribution in [3.8, 4) is 5.75 Å². The van der Waals surface area contributed by atoms with E-state index >= 15 is 0 Å². The van der Waals surface area contributed by atoms with Crippen LogP contribution in [0.5, 0.6) is 5.75 Å². The van der Waals surface area contributed by atoms with E-state index in [1.165, 1.54) is 14.2 Å². The molecule has 6 nitrogen and oxygen atoms in total. The van der Waals surface area contributed by atoms with Crippen LogP contribution in [0.2, 0.25) is 0 Å². The number of rotatable bonds is 5. The van der Waals surface area contributed by atoms with Crippen LogP contribution >= 0.6 is 0 Å². The van der Waals surface area contributed by atoms with Crippen LogP contribution in [0.4, 0.5) is 0 Å². The summed E-state index contributed by atoms with van der Waals surface area (Å²) in [5.74, 6) is 0.632. The summed E-state index contributed by atoms with van der Waals surface area (Å²) >= 11 is 0. The summed E-state index contributed by atoms with van der Waals surface area (Å²) in [7, 11) is -1.08. The van der Waals surface area contributed by atoms with E-state index in [-0.39, 0.29) is 6.54 Å². The Labute approximate surface area is 99.7 Å². The van der Waals surface area contributed by atoms with Crippen molar-refractivity contribution >= 4 is 16.3 Å². The summed E-state index contributed by atoms with van der Waals surface area (Å²) in [6, 6.07) is 6.95. The second-order valence-electron chi connectivity index (χ2n) is 3.27. The second kappa shape index (κ2) is 5.58. The Kier molecular flexibility index (Phi) is 4.39. The molecular formula is C10H12N2O4S. The van der Waals surface area contributed by atoms with Gasteiger partial charge in [0.05, 0.1) is 7.11 Å². The summed E-state index contributed by atoms with van der Waals surface area (Å²) in [6.45, 7) is 0.102. The first kappa shape index (κ1) is 13.4. The van der Waals surface area contributed by atoms with E-state index in [1.807, 2.05) is 0 Å². The van der Waals surface area contributed by atoms with Crippen LogP contribution in [0.15, 0.2) is 28.7 Å². The molecular weight excluding hydrogens is 244 g/mol. The largest absolute Gasteiger partial charge is 0.497 e. The van der Waals surface area contributed by atoms with Gasteiger partial charge in [0.25, 0.3) is 6.08 Å². The summed E-state index contributed by atoms with van der Waals surface area (Å²) in [5.41, 5.74) is 0.733. The van der Waals surface area contributed by atoms with Crippen LogP contribution in [0.3, 0.4) is 0 Å². The first-order valence-electron chi connectivity index (χ1n) is 4.68. The number of hydrogen-bond donors (Lipinski definition) is 0. The fourth-order valence-electron chi connectivity index (χ4n) is 1.23. The van der Waals surface area contributed by atoms with E-state index < -0.39 is 10.2 Å². The third kappa shape index (κ3) is 3.67. The third-order valence-corrected chi connectivity index (χ3v) is 3.31. The van der Waals surface area contributed by atoms with Gasteiger partial charge in [-0.2, -0.15) is 12.7 Å². The van der Waals surface area contributed by atoms with Crippen molar-refractivity contribution in [3.63, 3.8) is 0 Å². The normalized spacial score (nSPS) is 11.0. The van der Waals surface area contributed by atoms with Crippen molar-refractivity contribution in [2.45, 2.75) is 6.54 Å². The van der Waals surface area contributed by atoms with Crippen molar-refractivity contribution < 1.29 is 17.9 Å². The van der Waals surface area contributed by atoms with Gasteiger partial charge < -0.3 is 4.74 Å². The monoisotopic (exact) mass is 256 g/mol. The highest BCUT2D eigenvalue weighted by molar-refractivity contribution is 7.87. The average molecular weight is 256 g/mol. The van der Waals surface area contributed by atoms with Crippen molar-refractivity contribution in [3.05, 3.63) is 29.8 Å². The zero-order valence-electron chi connectivity index (χ0n) is 9.45. The molecule has 0 unspecified atom stereocenters. The first-order valence-corrected chi connectivity index (χ1v) is 6.07. The number of methoxy groups -OCH3 is 1. The average Bonchev–Trinajstić information content (AvgIpc) is 2.29. The lowest BCUT2D eigenvalue weighted by molar-refractivity contribution is 0.412. The van der Waals surface area contributed by atoms with Gasteiger partial charge in [-0.25, -0.2) is 4.79 Å². The zero-order chi connectivity index (χ0) is 12.9. The standard InChI is InChI=1S/C10H12N2O4S/c1-12(17(14,15)11-8-13)7-9-4-3-5-10(6-9)16-2/h3-6H,7H2,1-2H3. The smallest absolute Gasteiger partial charge is 0.332 e. The van der Waals surface area contributed by atoms with Gasteiger partial charge in [-0.15, -0.1) is 0 Å². The topological polar surface area (TPSA) is 76.0 Å². The molecule has 1 rings (SSSR count). The molecule has 92 valence electrons. The predicted octanol–water partition coefficient (Wildman–Crippen LogP) is 0.708. The maximum atomic E-state index is 11.4. The lowest BCUT2D eigenvalue weighted by Crippen LogP contribution is -2.24. The van der Waals surface area contributed by atoms with E-state index in [0.29, 0.717) is 5.75 Å². The fraction of sp³-hybridized carbons (Fsp3) is 0.300. The van der Waals surface area contributed by atoms with Crippen LogP contribution in [0.25, 0.3) is 0 Å². The number of benzene rings is 1. The minimum Gasteiger partial charge on any atom is -0.497 e.